The predicted molar refractivity (Wildman–Crippen MR) is 68.0 cm³/mol. The Morgan fingerprint density at radius 3 is 2.59 bits per heavy atom. The van der Waals surface area contributed by atoms with E-state index in [1.165, 1.54) is 19.3 Å². The summed E-state index contributed by atoms with van der Waals surface area (Å²) in [5, 5.41) is 0. The van der Waals surface area contributed by atoms with Crippen LogP contribution in [0.3, 0.4) is 0 Å². The highest BCUT2D eigenvalue weighted by molar-refractivity contribution is 5.85. The second-order valence-corrected chi connectivity index (χ2v) is 5.65. The van der Waals surface area contributed by atoms with Crippen molar-refractivity contribution in [1.29, 1.82) is 0 Å². The molecule has 1 atom stereocenters. The standard InChI is InChI=1S/C14H25NO2/c1-3-11-4-6-12(7-5-11)14(16)13-10-15(2)8-9-17-13/h11-13H,3-10H2,1-2H3. The van der Waals surface area contributed by atoms with Crippen LogP contribution in [0.25, 0.3) is 0 Å². The Labute approximate surface area is 105 Å². The molecular weight excluding hydrogens is 214 g/mol. The van der Waals surface area contributed by atoms with Crippen molar-refractivity contribution >= 4 is 5.78 Å². The molecule has 1 saturated heterocycles. The van der Waals surface area contributed by atoms with Gasteiger partial charge in [0.05, 0.1) is 6.61 Å². The molecule has 0 spiro atoms. The average molecular weight is 239 g/mol. The van der Waals surface area contributed by atoms with Gasteiger partial charge in [0.25, 0.3) is 0 Å². The number of rotatable bonds is 3. The SMILES string of the molecule is CCC1CCC(C(=O)C2CN(C)CCO2)CC1. The van der Waals surface area contributed by atoms with Crippen LogP contribution in [0.15, 0.2) is 0 Å². The van der Waals surface area contributed by atoms with Gasteiger partial charge in [-0.25, -0.2) is 0 Å². The first-order valence-corrected chi connectivity index (χ1v) is 7.04. The van der Waals surface area contributed by atoms with E-state index in [9.17, 15) is 4.79 Å². The monoisotopic (exact) mass is 239 g/mol. The molecule has 0 aromatic rings. The first kappa shape index (κ1) is 13.0. The maximum Gasteiger partial charge on any atom is 0.165 e. The maximum atomic E-state index is 12.3. The van der Waals surface area contributed by atoms with Crippen LogP contribution < -0.4 is 0 Å². The highest BCUT2D eigenvalue weighted by Gasteiger charge is 2.32. The van der Waals surface area contributed by atoms with E-state index < -0.39 is 0 Å². The summed E-state index contributed by atoms with van der Waals surface area (Å²) in [5.41, 5.74) is 0. The number of likely N-dealkylation sites (N-methyl/N-ethyl adjacent to an activating group) is 1. The lowest BCUT2D eigenvalue weighted by Crippen LogP contribution is -2.46. The molecule has 2 rings (SSSR count). The largest absolute Gasteiger partial charge is 0.368 e. The molecule has 1 aliphatic heterocycles. The molecule has 0 radical (unpaired) electrons. The van der Waals surface area contributed by atoms with Crippen LogP contribution in [-0.2, 0) is 9.53 Å². The van der Waals surface area contributed by atoms with E-state index in [0.717, 1.165) is 31.8 Å². The highest BCUT2D eigenvalue weighted by atomic mass is 16.5. The van der Waals surface area contributed by atoms with Gasteiger partial charge in [-0.05, 0) is 38.6 Å². The quantitative estimate of drug-likeness (QED) is 0.755. The summed E-state index contributed by atoms with van der Waals surface area (Å²) in [4.78, 5) is 14.5. The Balaban J connectivity index is 1.83. The smallest absolute Gasteiger partial charge is 0.165 e. The Morgan fingerprint density at radius 2 is 2.00 bits per heavy atom. The van der Waals surface area contributed by atoms with Crippen molar-refractivity contribution in [1.82, 2.24) is 4.90 Å². The molecule has 2 aliphatic rings. The van der Waals surface area contributed by atoms with Crippen LogP contribution in [0.1, 0.15) is 39.0 Å². The molecule has 17 heavy (non-hydrogen) atoms. The van der Waals surface area contributed by atoms with E-state index in [1.807, 2.05) is 0 Å². The minimum atomic E-state index is -0.156. The van der Waals surface area contributed by atoms with E-state index >= 15 is 0 Å². The van der Waals surface area contributed by atoms with Gasteiger partial charge in [-0.15, -0.1) is 0 Å². The third-order valence-electron chi connectivity index (χ3n) is 4.41. The molecular formula is C14H25NO2. The number of Topliss-reactive ketones (excluding diaryl/α,β-unsaturated/α-hetero) is 1. The number of ether oxygens (including phenoxy) is 1. The second-order valence-electron chi connectivity index (χ2n) is 5.65. The summed E-state index contributed by atoms with van der Waals surface area (Å²) in [6, 6.07) is 0. The molecule has 1 unspecified atom stereocenters. The lowest BCUT2D eigenvalue weighted by molar-refractivity contribution is -0.141. The maximum absolute atomic E-state index is 12.3. The second kappa shape index (κ2) is 5.96. The summed E-state index contributed by atoms with van der Waals surface area (Å²) >= 11 is 0. The number of carbonyl (C=O) groups is 1. The number of nitrogens with zero attached hydrogens (tertiary/aromatic N) is 1. The zero-order chi connectivity index (χ0) is 12.3. The fourth-order valence-corrected chi connectivity index (χ4v) is 3.07. The van der Waals surface area contributed by atoms with Gasteiger partial charge in [0.2, 0.25) is 0 Å². The van der Waals surface area contributed by atoms with Crippen LogP contribution >= 0.6 is 0 Å². The predicted octanol–water partition coefficient (Wildman–Crippen LogP) is 2.10. The fraction of sp³-hybridized carbons (Fsp3) is 0.929. The Morgan fingerprint density at radius 1 is 1.29 bits per heavy atom. The minimum Gasteiger partial charge on any atom is -0.368 e. The minimum absolute atomic E-state index is 0.156. The van der Waals surface area contributed by atoms with Gasteiger partial charge in [-0.2, -0.15) is 0 Å². The molecule has 0 aromatic heterocycles. The molecule has 0 amide bonds. The Kier molecular flexibility index (Phi) is 4.57. The lowest BCUT2D eigenvalue weighted by atomic mass is 9.78. The highest BCUT2D eigenvalue weighted by Crippen LogP contribution is 2.32. The van der Waals surface area contributed by atoms with E-state index in [2.05, 4.69) is 18.9 Å². The third-order valence-corrected chi connectivity index (χ3v) is 4.41. The van der Waals surface area contributed by atoms with E-state index in [1.54, 1.807) is 0 Å². The molecule has 98 valence electrons. The lowest BCUT2D eigenvalue weighted by Gasteiger charge is -2.33. The summed E-state index contributed by atoms with van der Waals surface area (Å²) in [6.45, 7) is 4.70. The van der Waals surface area contributed by atoms with E-state index in [-0.39, 0.29) is 12.0 Å². The number of hydrogen-bond acceptors (Lipinski definition) is 3. The molecule has 0 N–H and O–H groups in total. The Hall–Kier alpha value is -0.410. The van der Waals surface area contributed by atoms with Crippen LogP contribution in [0, 0.1) is 11.8 Å². The van der Waals surface area contributed by atoms with Crippen molar-refractivity contribution in [3.63, 3.8) is 0 Å². The summed E-state index contributed by atoms with van der Waals surface area (Å²) < 4.78 is 5.63. The molecule has 2 fully saturated rings. The van der Waals surface area contributed by atoms with Gasteiger partial charge in [-0.1, -0.05) is 13.3 Å². The normalized spacial score (nSPS) is 35.8. The molecule has 3 nitrogen and oxygen atoms in total. The number of carbonyl (C=O) groups excluding carboxylic acids is 1. The molecule has 1 saturated carbocycles. The molecule has 1 heterocycles. The van der Waals surface area contributed by atoms with Crippen LogP contribution in [0.5, 0.6) is 0 Å². The van der Waals surface area contributed by atoms with Crippen LogP contribution in [-0.4, -0.2) is 43.5 Å². The zero-order valence-corrected chi connectivity index (χ0v) is 11.2. The third kappa shape index (κ3) is 3.29. The van der Waals surface area contributed by atoms with Crippen molar-refractivity contribution in [3.8, 4) is 0 Å². The van der Waals surface area contributed by atoms with Crippen molar-refractivity contribution in [3.05, 3.63) is 0 Å². The van der Waals surface area contributed by atoms with Crippen LogP contribution in [0.2, 0.25) is 0 Å². The molecule has 0 bridgehead atoms. The van der Waals surface area contributed by atoms with Gasteiger partial charge in [0, 0.05) is 19.0 Å². The molecule has 0 aromatic carbocycles. The van der Waals surface area contributed by atoms with Crippen molar-refractivity contribution in [2.24, 2.45) is 11.8 Å². The first-order valence-electron chi connectivity index (χ1n) is 7.04. The number of ketones is 1. The molecule has 1 aliphatic carbocycles. The number of hydrogen-bond donors (Lipinski definition) is 0. The summed E-state index contributed by atoms with van der Waals surface area (Å²) in [7, 11) is 2.07. The van der Waals surface area contributed by atoms with E-state index in [0.29, 0.717) is 12.4 Å². The fourth-order valence-electron chi connectivity index (χ4n) is 3.07. The molecule has 3 heteroatoms. The van der Waals surface area contributed by atoms with E-state index in [4.69, 9.17) is 4.74 Å². The van der Waals surface area contributed by atoms with Crippen LogP contribution in [0.4, 0.5) is 0 Å². The van der Waals surface area contributed by atoms with Crippen molar-refractivity contribution in [2.75, 3.05) is 26.7 Å². The summed E-state index contributed by atoms with van der Waals surface area (Å²) in [6.07, 6.45) is 5.74. The van der Waals surface area contributed by atoms with Gasteiger partial charge in [0.15, 0.2) is 5.78 Å². The average Bonchev–Trinajstić information content (AvgIpc) is 2.38. The zero-order valence-electron chi connectivity index (χ0n) is 11.2. The van der Waals surface area contributed by atoms with Gasteiger partial charge in [0.1, 0.15) is 6.10 Å². The summed E-state index contributed by atoms with van der Waals surface area (Å²) in [5.74, 6) is 1.49. The topological polar surface area (TPSA) is 29.5 Å². The van der Waals surface area contributed by atoms with Gasteiger partial charge < -0.3 is 9.64 Å². The van der Waals surface area contributed by atoms with Gasteiger partial charge in [-0.3, -0.25) is 4.79 Å². The number of morpholine rings is 1. The van der Waals surface area contributed by atoms with Crippen molar-refractivity contribution in [2.45, 2.75) is 45.1 Å². The first-order chi connectivity index (χ1) is 8.20. The van der Waals surface area contributed by atoms with Crippen molar-refractivity contribution < 1.29 is 9.53 Å². The Bertz CT molecular complexity index is 259. The van der Waals surface area contributed by atoms with Gasteiger partial charge >= 0.3 is 0 Å².